The molecule has 1 aromatic rings. The van der Waals surface area contributed by atoms with Crippen molar-refractivity contribution in [2.24, 2.45) is 0 Å². The lowest BCUT2D eigenvalue weighted by atomic mass is 10.1. The second-order valence-corrected chi connectivity index (χ2v) is 4.03. The first-order chi connectivity index (χ1) is 8.41. The monoisotopic (exact) mass is 288 g/mol. The maximum atomic E-state index is 13.3. The van der Waals surface area contributed by atoms with Crippen molar-refractivity contribution in [3.05, 3.63) is 35.1 Å². The molecule has 18 heavy (non-hydrogen) atoms. The third-order valence-corrected chi connectivity index (χ3v) is 2.55. The molecule has 0 heterocycles. The number of hydrogen-bond acceptors (Lipinski definition) is 1. The highest BCUT2D eigenvalue weighted by molar-refractivity contribution is 6.20. The first-order valence-corrected chi connectivity index (χ1v) is 5.50. The Morgan fingerprint density at radius 3 is 2.17 bits per heavy atom. The van der Waals surface area contributed by atoms with E-state index in [2.05, 4.69) is 4.74 Å². The molecule has 1 rings (SSSR count). The molecule has 0 bridgehead atoms. The van der Waals surface area contributed by atoms with E-state index in [1.54, 1.807) is 0 Å². The van der Waals surface area contributed by atoms with E-state index in [9.17, 15) is 22.0 Å². The van der Waals surface area contributed by atoms with Crippen molar-refractivity contribution in [3.8, 4) is 0 Å². The van der Waals surface area contributed by atoms with Crippen LogP contribution in [-0.2, 0) is 4.74 Å². The zero-order valence-electron chi connectivity index (χ0n) is 9.11. The van der Waals surface area contributed by atoms with Gasteiger partial charge in [-0.25, -0.2) is 22.0 Å². The van der Waals surface area contributed by atoms with Gasteiger partial charge in [0.05, 0.1) is 5.38 Å². The summed E-state index contributed by atoms with van der Waals surface area (Å²) in [7, 11) is 0. The van der Waals surface area contributed by atoms with Gasteiger partial charge in [-0.1, -0.05) is 0 Å². The minimum atomic E-state index is -2.61. The van der Waals surface area contributed by atoms with Gasteiger partial charge in [0, 0.05) is 24.3 Å². The van der Waals surface area contributed by atoms with Crippen molar-refractivity contribution >= 4 is 11.6 Å². The van der Waals surface area contributed by atoms with Gasteiger partial charge < -0.3 is 4.74 Å². The third kappa shape index (κ3) is 4.42. The summed E-state index contributed by atoms with van der Waals surface area (Å²) in [6, 6.07) is 1.02. The number of alkyl halides is 3. The van der Waals surface area contributed by atoms with E-state index < -0.39 is 41.4 Å². The molecule has 0 aliphatic heterocycles. The van der Waals surface area contributed by atoms with Crippen molar-refractivity contribution in [3.63, 3.8) is 0 Å². The molecule has 0 aromatic heterocycles. The number of rotatable bonds is 6. The highest BCUT2D eigenvalue weighted by Crippen LogP contribution is 2.29. The number of ether oxygens (including phenoxy) is 1. The number of benzene rings is 1. The van der Waals surface area contributed by atoms with Gasteiger partial charge in [-0.2, -0.15) is 0 Å². The highest BCUT2D eigenvalue weighted by atomic mass is 35.5. The van der Waals surface area contributed by atoms with E-state index in [-0.39, 0.29) is 13.0 Å². The Labute approximate surface area is 106 Å². The lowest BCUT2D eigenvalue weighted by Gasteiger charge is -2.12. The van der Waals surface area contributed by atoms with Crippen LogP contribution in [0.3, 0.4) is 0 Å². The summed E-state index contributed by atoms with van der Waals surface area (Å²) in [6.07, 6.45) is -2.67. The van der Waals surface area contributed by atoms with Crippen molar-refractivity contribution in [2.75, 3.05) is 13.2 Å². The van der Waals surface area contributed by atoms with Crippen LogP contribution in [0.2, 0.25) is 0 Å². The fraction of sp³-hybridized carbons (Fsp3) is 0.455. The van der Waals surface area contributed by atoms with Gasteiger partial charge in [-0.15, -0.1) is 11.6 Å². The molecule has 0 aliphatic rings. The van der Waals surface area contributed by atoms with Gasteiger partial charge in [0.2, 0.25) is 0 Å². The molecule has 1 atom stereocenters. The van der Waals surface area contributed by atoms with E-state index in [0.29, 0.717) is 12.1 Å². The zero-order valence-corrected chi connectivity index (χ0v) is 9.86. The molecule has 1 nitrogen and oxygen atoms in total. The predicted molar refractivity (Wildman–Crippen MR) is 56.4 cm³/mol. The van der Waals surface area contributed by atoms with Crippen LogP contribution in [0.4, 0.5) is 22.0 Å². The lowest BCUT2D eigenvalue weighted by molar-refractivity contribution is 0.0164. The first-order valence-electron chi connectivity index (χ1n) is 5.06. The Bertz CT molecular complexity index is 376. The SMILES string of the molecule is Fc1cc(F)c(C(Cl)CCOCC(F)F)c(F)c1. The van der Waals surface area contributed by atoms with Gasteiger partial charge >= 0.3 is 0 Å². The predicted octanol–water partition coefficient (Wildman–Crippen LogP) is 4.06. The first kappa shape index (κ1) is 15.2. The van der Waals surface area contributed by atoms with Gasteiger partial charge in [0.1, 0.15) is 24.1 Å². The summed E-state index contributed by atoms with van der Waals surface area (Å²) in [4.78, 5) is 0. The van der Waals surface area contributed by atoms with Gasteiger partial charge in [-0.05, 0) is 6.42 Å². The quantitative estimate of drug-likeness (QED) is 0.436. The smallest absolute Gasteiger partial charge is 0.261 e. The molecule has 0 saturated heterocycles. The fourth-order valence-corrected chi connectivity index (χ4v) is 1.65. The largest absolute Gasteiger partial charge is 0.375 e. The Morgan fingerprint density at radius 1 is 1.11 bits per heavy atom. The summed E-state index contributed by atoms with van der Waals surface area (Å²) in [5.74, 6) is -3.27. The zero-order chi connectivity index (χ0) is 13.7. The molecular weight excluding hydrogens is 279 g/mol. The van der Waals surface area contributed by atoms with Gasteiger partial charge in [0.25, 0.3) is 6.43 Å². The van der Waals surface area contributed by atoms with Gasteiger partial charge in [0.15, 0.2) is 0 Å². The molecule has 0 fully saturated rings. The minimum absolute atomic E-state index is 0.0618. The summed E-state index contributed by atoms with van der Waals surface area (Å²) in [6.45, 7) is -0.938. The highest BCUT2D eigenvalue weighted by Gasteiger charge is 2.19. The van der Waals surface area contributed by atoms with Crippen LogP contribution in [-0.4, -0.2) is 19.6 Å². The molecule has 0 spiro atoms. The Kier molecular flexibility index (Phi) is 5.81. The standard InChI is InChI=1S/C11H10ClF5O/c12-7(1-2-18-5-10(16)17)11-8(14)3-6(13)4-9(11)15/h3-4,7,10H,1-2,5H2. The van der Waals surface area contributed by atoms with Crippen LogP contribution in [0.15, 0.2) is 12.1 Å². The molecule has 0 aliphatic carbocycles. The van der Waals surface area contributed by atoms with E-state index in [4.69, 9.17) is 11.6 Å². The molecule has 7 heteroatoms. The average Bonchev–Trinajstić information content (AvgIpc) is 2.22. The normalized spacial score (nSPS) is 13.1. The number of halogens is 6. The molecule has 102 valence electrons. The Hall–Kier alpha value is -0.880. The summed E-state index contributed by atoms with van der Waals surface area (Å²) in [5, 5.41) is -1.11. The molecule has 0 radical (unpaired) electrons. The van der Waals surface area contributed by atoms with Crippen molar-refractivity contribution in [1.82, 2.24) is 0 Å². The molecular formula is C11H10ClF5O. The van der Waals surface area contributed by atoms with Crippen molar-refractivity contribution in [1.29, 1.82) is 0 Å². The Morgan fingerprint density at radius 2 is 1.67 bits per heavy atom. The molecule has 0 amide bonds. The average molecular weight is 289 g/mol. The van der Waals surface area contributed by atoms with Crippen molar-refractivity contribution in [2.45, 2.75) is 18.2 Å². The maximum Gasteiger partial charge on any atom is 0.261 e. The van der Waals surface area contributed by atoms with E-state index in [1.807, 2.05) is 0 Å². The van der Waals surface area contributed by atoms with Crippen LogP contribution in [0.5, 0.6) is 0 Å². The molecule has 0 saturated carbocycles. The number of hydrogen-bond donors (Lipinski definition) is 0. The minimum Gasteiger partial charge on any atom is -0.375 e. The van der Waals surface area contributed by atoms with Crippen LogP contribution < -0.4 is 0 Å². The van der Waals surface area contributed by atoms with Crippen LogP contribution >= 0.6 is 11.6 Å². The van der Waals surface area contributed by atoms with Crippen molar-refractivity contribution < 1.29 is 26.7 Å². The van der Waals surface area contributed by atoms with E-state index >= 15 is 0 Å². The van der Waals surface area contributed by atoms with Gasteiger partial charge in [-0.3, -0.25) is 0 Å². The topological polar surface area (TPSA) is 9.23 Å². The van der Waals surface area contributed by atoms with Crippen LogP contribution in [0, 0.1) is 17.5 Å². The fourth-order valence-electron chi connectivity index (χ4n) is 1.36. The lowest BCUT2D eigenvalue weighted by Crippen LogP contribution is -2.08. The molecule has 0 N–H and O–H groups in total. The molecule has 1 unspecified atom stereocenters. The van der Waals surface area contributed by atoms with E-state index in [1.165, 1.54) is 0 Å². The summed E-state index contributed by atoms with van der Waals surface area (Å²) in [5.41, 5.74) is -0.487. The molecule has 1 aromatic carbocycles. The third-order valence-electron chi connectivity index (χ3n) is 2.12. The maximum absolute atomic E-state index is 13.3. The Balaban J connectivity index is 2.59. The second-order valence-electron chi connectivity index (χ2n) is 3.51. The van der Waals surface area contributed by atoms with Crippen LogP contribution in [0.1, 0.15) is 17.4 Å². The van der Waals surface area contributed by atoms with E-state index in [0.717, 1.165) is 0 Å². The van der Waals surface area contributed by atoms with Crippen LogP contribution in [0.25, 0.3) is 0 Å². The summed E-state index contributed by atoms with van der Waals surface area (Å²) < 4.78 is 67.2. The second kappa shape index (κ2) is 6.89. The summed E-state index contributed by atoms with van der Waals surface area (Å²) >= 11 is 5.71.